The van der Waals surface area contributed by atoms with Crippen LogP contribution in [0.3, 0.4) is 0 Å². The van der Waals surface area contributed by atoms with Gasteiger partial charge in [0.15, 0.2) is 0 Å². The van der Waals surface area contributed by atoms with Crippen molar-refractivity contribution in [3.8, 4) is 12.3 Å². The Morgan fingerprint density at radius 2 is 2.00 bits per heavy atom. The zero-order valence-corrected chi connectivity index (χ0v) is 11.9. The van der Waals surface area contributed by atoms with Gasteiger partial charge in [0.05, 0.1) is 19.6 Å². The van der Waals surface area contributed by atoms with Gasteiger partial charge in [-0.05, 0) is 39.4 Å². The van der Waals surface area contributed by atoms with E-state index in [-0.39, 0.29) is 5.54 Å². The number of rotatable bonds is 6. The SMILES string of the molecule is C#CCN(CC)Cc1ccc(CNC(C)(C)C)o1. The summed E-state index contributed by atoms with van der Waals surface area (Å²) in [5.74, 6) is 4.60. The second kappa shape index (κ2) is 6.63. The van der Waals surface area contributed by atoms with Crippen molar-refractivity contribution in [3.63, 3.8) is 0 Å². The fraction of sp³-hybridized carbons (Fsp3) is 0.600. The van der Waals surface area contributed by atoms with Crippen molar-refractivity contribution in [1.29, 1.82) is 0 Å². The highest BCUT2D eigenvalue weighted by Crippen LogP contribution is 2.11. The maximum absolute atomic E-state index is 5.78. The average molecular weight is 248 g/mol. The van der Waals surface area contributed by atoms with Gasteiger partial charge in [-0.15, -0.1) is 6.42 Å². The van der Waals surface area contributed by atoms with E-state index in [0.717, 1.165) is 31.2 Å². The quantitative estimate of drug-likeness (QED) is 0.784. The summed E-state index contributed by atoms with van der Waals surface area (Å²) in [4.78, 5) is 2.17. The molecule has 1 heterocycles. The van der Waals surface area contributed by atoms with E-state index in [0.29, 0.717) is 6.54 Å². The van der Waals surface area contributed by atoms with E-state index in [1.807, 2.05) is 12.1 Å². The molecule has 1 aromatic rings. The third-order valence-electron chi connectivity index (χ3n) is 2.65. The van der Waals surface area contributed by atoms with Crippen LogP contribution in [0.2, 0.25) is 0 Å². The first-order valence-corrected chi connectivity index (χ1v) is 6.43. The van der Waals surface area contributed by atoms with Gasteiger partial charge in [0.25, 0.3) is 0 Å². The number of nitrogens with one attached hydrogen (secondary N) is 1. The second-order valence-electron chi connectivity index (χ2n) is 5.48. The summed E-state index contributed by atoms with van der Waals surface area (Å²) in [5, 5.41) is 3.40. The lowest BCUT2D eigenvalue weighted by Gasteiger charge is -2.19. The highest BCUT2D eigenvalue weighted by atomic mass is 16.3. The number of hydrogen-bond acceptors (Lipinski definition) is 3. The molecule has 0 aliphatic heterocycles. The van der Waals surface area contributed by atoms with Gasteiger partial charge in [-0.1, -0.05) is 12.8 Å². The zero-order chi connectivity index (χ0) is 13.6. The minimum Gasteiger partial charge on any atom is -0.463 e. The van der Waals surface area contributed by atoms with E-state index in [9.17, 15) is 0 Å². The van der Waals surface area contributed by atoms with Gasteiger partial charge in [-0.25, -0.2) is 0 Å². The van der Waals surface area contributed by atoms with Crippen molar-refractivity contribution in [2.75, 3.05) is 13.1 Å². The monoisotopic (exact) mass is 248 g/mol. The standard InChI is InChI=1S/C15H24N2O/c1-6-10-17(7-2)12-14-9-8-13(18-14)11-16-15(3,4)5/h1,8-9,16H,7,10-12H2,2-5H3. The van der Waals surface area contributed by atoms with Crippen LogP contribution in [0.25, 0.3) is 0 Å². The second-order valence-corrected chi connectivity index (χ2v) is 5.48. The zero-order valence-electron chi connectivity index (χ0n) is 11.9. The fourth-order valence-corrected chi connectivity index (χ4v) is 1.58. The summed E-state index contributed by atoms with van der Waals surface area (Å²) >= 11 is 0. The van der Waals surface area contributed by atoms with Crippen molar-refractivity contribution >= 4 is 0 Å². The van der Waals surface area contributed by atoms with Crippen LogP contribution >= 0.6 is 0 Å². The molecular formula is C15H24N2O. The molecule has 1 aromatic heterocycles. The Labute approximate surface area is 111 Å². The lowest BCUT2D eigenvalue weighted by atomic mass is 10.1. The van der Waals surface area contributed by atoms with E-state index in [2.05, 4.69) is 43.8 Å². The van der Waals surface area contributed by atoms with Gasteiger partial charge in [0.1, 0.15) is 11.5 Å². The van der Waals surface area contributed by atoms with Crippen molar-refractivity contribution in [1.82, 2.24) is 10.2 Å². The molecule has 3 heteroatoms. The molecule has 18 heavy (non-hydrogen) atoms. The topological polar surface area (TPSA) is 28.4 Å². The average Bonchev–Trinajstić information content (AvgIpc) is 2.73. The Morgan fingerprint density at radius 1 is 1.33 bits per heavy atom. The van der Waals surface area contributed by atoms with E-state index in [4.69, 9.17) is 10.8 Å². The largest absolute Gasteiger partial charge is 0.463 e. The fourth-order valence-electron chi connectivity index (χ4n) is 1.58. The maximum Gasteiger partial charge on any atom is 0.118 e. The molecule has 0 unspecified atom stereocenters. The van der Waals surface area contributed by atoms with E-state index in [1.165, 1.54) is 0 Å². The minimum atomic E-state index is 0.103. The Morgan fingerprint density at radius 3 is 2.56 bits per heavy atom. The number of terminal acetylenes is 1. The Hall–Kier alpha value is -1.24. The summed E-state index contributed by atoms with van der Waals surface area (Å²) in [5.41, 5.74) is 0.103. The normalized spacial score (nSPS) is 11.8. The summed E-state index contributed by atoms with van der Waals surface area (Å²) in [7, 11) is 0. The number of hydrogen-bond donors (Lipinski definition) is 1. The Bertz CT molecular complexity index is 395. The third kappa shape index (κ3) is 5.39. The molecule has 0 saturated heterocycles. The van der Waals surface area contributed by atoms with Crippen LogP contribution < -0.4 is 5.32 Å². The maximum atomic E-state index is 5.78. The van der Waals surface area contributed by atoms with Gasteiger partial charge in [0, 0.05) is 5.54 Å². The number of furan rings is 1. The molecule has 3 nitrogen and oxygen atoms in total. The smallest absolute Gasteiger partial charge is 0.118 e. The van der Waals surface area contributed by atoms with Gasteiger partial charge >= 0.3 is 0 Å². The molecule has 0 atom stereocenters. The third-order valence-corrected chi connectivity index (χ3v) is 2.65. The van der Waals surface area contributed by atoms with Crippen LogP contribution in [0.15, 0.2) is 16.5 Å². The Balaban J connectivity index is 2.50. The molecule has 100 valence electrons. The lowest BCUT2D eigenvalue weighted by Crippen LogP contribution is -2.34. The molecular weight excluding hydrogens is 224 g/mol. The Kier molecular flexibility index (Phi) is 5.46. The van der Waals surface area contributed by atoms with E-state index in [1.54, 1.807) is 0 Å². The highest BCUT2D eigenvalue weighted by molar-refractivity contribution is 5.07. The van der Waals surface area contributed by atoms with Crippen LogP contribution in [-0.4, -0.2) is 23.5 Å². The summed E-state index contributed by atoms with van der Waals surface area (Å²) < 4.78 is 5.78. The molecule has 1 N–H and O–H groups in total. The van der Waals surface area contributed by atoms with Crippen molar-refractivity contribution < 1.29 is 4.42 Å². The molecule has 0 amide bonds. The first-order valence-electron chi connectivity index (χ1n) is 6.43. The summed E-state index contributed by atoms with van der Waals surface area (Å²) in [6, 6.07) is 4.05. The molecule has 0 spiro atoms. The molecule has 0 bridgehead atoms. The highest BCUT2D eigenvalue weighted by Gasteiger charge is 2.11. The first kappa shape index (κ1) is 14.8. The van der Waals surface area contributed by atoms with Crippen molar-refractivity contribution in [2.24, 2.45) is 0 Å². The first-order chi connectivity index (χ1) is 8.44. The van der Waals surface area contributed by atoms with E-state index < -0.39 is 0 Å². The van der Waals surface area contributed by atoms with Crippen molar-refractivity contribution in [2.45, 2.75) is 46.3 Å². The molecule has 0 aromatic carbocycles. The predicted molar refractivity (Wildman–Crippen MR) is 75.1 cm³/mol. The summed E-state index contributed by atoms with van der Waals surface area (Å²) in [6.45, 7) is 11.6. The minimum absolute atomic E-state index is 0.103. The molecule has 0 aliphatic carbocycles. The van der Waals surface area contributed by atoms with Gasteiger partial charge in [0.2, 0.25) is 0 Å². The van der Waals surface area contributed by atoms with Gasteiger partial charge in [-0.3, -0.25) is 4.90 Å². The van der Waals surface area contributed by atoms with Crippen LogP contribution in [0.4, 0.5) is 0 Å². The lowest BCUT2D eigenvalue weighted by molar-refractivity contribution is 0.278. The van der Waals surface area contributed by atoms with Crippen molar-refractivity contribution in [3.05, 3.63) is 23.7 Å². The van der Waals surface area contributed by atoms with Gasteiger partial charge < -0.3 is 9.73 Å². The van der Waals surface area contributed by atoms with E-state index >= 15 is 0 Å². The molecule has 0 radical (unpaired) electrons. The van der Waals surface area contributed by atoms with Gasteiger partial charge in [-0.2, -0.15) is 0 Å². The summed E-state index contributed by atoms with van der Waals surface area (Å²) in [6.07, 6.45) is 5.33. The molecule has 1 rings (SSSR count). The van der Waals surface area contributed by atoms with Crippen LogP contribution in [0.1, 0.15) is 39.2 Å². The molecule has 0 aliphatic rings. The van der Waals surface area contributed by atoms with Crippen LogP contribution in [0, 0.1) is 12.3 Å². The number of nitrogens with zero attached hydrogens (tertiary/aromatic N) is 1. The predicted octanol–water partition coefficient (Wildman–Crippen LogP) is 2.62. The van der Waals surface area contributed by atoms with Crippen LogP contribution in [-0.2, 0) is 13.1 Å². The molecule has 0 fully saturated rings. The van der Waals surface area contributed by atoms with Crippen LogP contribution in [0.5, 0.6) is 0 Å². The molecule has 0 saturated carbocycles.